The first-order chi connectivity index (χ1) is 12.7. The van der Waals surface area contributed by atoms with Gasteiger partial charge >= 0.3 is 0 Å². The van der Waals surface area contributed by atoms with Crippen LogP contribution in [0.25, 0.3) is 21.7 Å². The molecule has 0 aliphatic heterocycles. The van der Waals surface area contributed by atoms with Crippen LogP contribution in [0.5, 0.6) is 0 Å². The average molecular weight is 383 g/mol. The van der Waals surface area contributed by atoms with E-state index < -0.39 is 0 Å². The summed E-state index contributed by atoms with van der Waals surface area (Å²) in [4.78, 5) is 15.9. The first kappa shape index (κ1) is 16.1. The number of aromatic nitrogens is 4. The summed E-state index contributed by atoms with van der Waals surface area (Å²) in [6.07, 6.45) is 5.38. The highest BCUT2D eigenvalue weighted by molar-refractivity contribution is 7.98. The summed E-state index contributed by atoms with van der Waals surface area (Å²) in [6.45, 7) is 2.24. The summed E-state index contributed by atoms with van der Waals surface area (Å²) < 4.78 is 3.77. The molecule has 1 aromatic carbocycles. The third-order valence-corrected chi connectivity index (χ3v) is 7.05. The predicted molar refractivity (Wildman–Crippen MR) is 107 cm³/mol. The quantitative estimate of drug-likeness (QED) is 0.486. The van der Waals surface area contributed by atoms with Crippen LogP contribution < -0.4 is 5.56 Å². The molecule has 0 saturated carbocycles. The maximum absolute atomic E-state index is 13.6. The summed E-state index contributed by atoms with van der Waals surface area (Å²) in [7, 11) is 0. The van der Waals surface area contributed by atoms with Gasteiger partial charge in [-0.05, 0) is 49.1 Å². The minimum Gasteiger partial charge on any atom is -0.268 e. The van der Waals surface area contributed by atoms with Crippen LogP contribution >= 0.6 is 23.1 Å². The van der Waals surface area contributed by atoms with Crippen LogP contribution in [0.2, 0.25) is 0 Å². The van der Waals surface area contributed by atoms with Gasteiger partial charge in [0.2, 0.25) is 5.78 Å². The zero-order valence-corrected chi connectivity index (χ0v) is 16.2. The lowest BCUT2D eigenvalue weighted by Crippen LogP contribution is -2.22. The third kappa shape index (κ3) is 2.13. The molecule has 0 saturated heterocycles. The number of aryl methyl sites for hydroxylation is 1. The number of hydrogen-bond donors (Lipinski definition) is 0. The smallest absolute Gasteiger partial charge is 0.268 e. The highest BCUT2D eigenvalue weighted by atomic mass is 32.2. The Morgan fingerprint density at radius 3 is 2.81 bits per heavy atom. The van der Waals surface area contributed by atoms with Gasteiger partial charge in [0.15, 0.2) is 5.16 Å². The molecular formula is C19H18N4OS2. The van der Waals surface area contributed by atoms with E-state index in [1.54, 1.807) is 27.7 Å². The van der Waals surface area contributed by atoms with Crippen molar-refractivity contribution in [3.05, 3.63) is 51.1 Å². The molecule has 5 nitrogen and oxygen atoms in total. The molecular weight excluding hydrogens is 364 g/mol. The van der Waals surface area contributed by atoms with Gasteiger partial charge in [-0.3, -0.25) is 4.79 Å². The third-order valence-electron chi connectivity index (χ3n) is 5.17. The van der Waals surface area contributed by atoms with Gasteiger partial charge in [0.25, 0.3) is 5.56 Å². The lowest BCUT2D eigenvalue weighted by atomic mass is 9.88. The van der Waals surface area contributed by atoms with Gasteiger partial charge in [0, 0.05) is 4.88 Å². The van der Waals surface area contributed by atoms with Crippen LogP contribution in [0.3, 0.4) is 0 Å². The van der Waals surface area contributed by atoms with Crippen LogP contribution in [-0.2, 0) is 6.42 Å². The van der Waals surface area contributed by atoms with Gasteiger partial charge < -0.3 is 0 Å². The number of nitrogens with zero attached hydrogens (tertiary/aromatic N) is 4. The number of benzene rings is 1. The number of thioether (sulfide) groups is 1. The number of fused-ring (bicyclic) bond motifs is 5. The number of rotatable bonds is 2. The summed E-state index contributed by atoms with van der Waals surface area (Å²) >= 11 is 3.30. The lowest BCUT2D eigenvalue weighted by molar-refractivity contribution is 0.601. The zero-order chi connectivity index (χ0) is 17.8. The van der Waals surface area contributed by atoms with Crippen molar-refractivity contribution in [3.8, 4) is 5.69 Å². The lowest BCUT2D eigenvalue weighted by Gasteiger charge is -2.18. The highest BCUT2D eigenvalue weighted by Gasteiger charge is 2.28. The first-order valence-electron chi connectivity index (χ1n) is 8.75. The average Bonchev–Trinajstić information content (AvgIpc) is 3.25. The number of thiophene rings is 1. The van der Waals surface area contributed by atoms with Gasteiger partial charge in [0.05, 0.1) is 11.1 Å². The SMILES string of the molecule is CSc1nnc2n(-c3ccccc3)c(=O)c3c4c(sc3n12)CCCC4C. The predicted octanol–water partition coefficient (Wildman–Crippen LogP) is 4.26. The molecule has 0 fully saturated rings. The minimum absolute atomic E-state index is 0.0185. The van der Waals surface area contributed by atoms with Crippen LogP contribution in [-0.4, -0.2) is 25.4 Å². The molecule has 0 bridgehead atoms. The number of para-hydroxylation sites is 1. The number of hydrogen-bond acceptors (Lipinski definition) is 5. The molecule has 0 radical (unpaired) electrons. The molecule has 1 unspecified atom stereocenters. The van der Waals surface area contributed by atoms with E-state index in [-0.39, 0.29) is 5.56 Å². The minimum atomic E-state index is 0.0185. The first-order valence-corrected chi connectivity index (χ1v) is 10.8. The van der Waals surface area contributed by atoms with E-state index in [0.29, 0.717) is 11.7 Å². The maximum Gasteiger partial charge on any atom is 0.268 e. The van der Waals surface area contributed by atoms with Crippen molar-refractivity contribution in [1.29, 1.82) is 0 Å². The largest absolute Gasteiger partial charge is 0.268 e. The molecule has 1 aliphatic rings. The molecule has 7 heteroatoms. The summed E-state index contributed by atoms with van der Waals surface area (Å²) in [5, 5.41) is 10.4. The Morgan fingerprint density at radius 2 is 2.04 bits per heavy atom. The van der Waals surface area contributed by atoms with Crippen LogP contribution in [0, 0.1) is 0 Å². The van der Waals surface area contributed by atoms with Gasteiger partial charge in [-0.15, -0.1) is 21.5 Å². The molecule has 3 heterocycles. The van der Waals surface area contributed by atoms with E-state index in [2.05, 4.69) is 21.5 Å². The Bertz CT molecular complexity index is 1190. The van der Waals surface area contributed by atoms with Crippen LogP contribution in [0.1, 0.15) is 36.1 Å². The van der Waals surface area contributed by atoms with Gasteiger partial charge in [-0.2, -0.15) is 0 Å². The standard InChI is InChI=1S/C19H18N4OS2/c1-11-7-6-10-13-14(11)15-16(24)22(12-8-4-3-5-9-12)18-20-21-19(25-2)23(18)17(15)26-13/h3-5,8-9,11H,6-7,10H2,1-2H3. The van der Waals surface area contributed by atoms with E-state index in [9.17, 15) is 4.79 Å². The normalized spacial score (nSPS) is 17.1. The molecule has 0 amide bonds. The van der Waals surface area contributed by atoms with Crippen molar-refractivity contribution < 1.29 is 0 Å². The van der Waals surface area contributed by atoms with Crippen molar-refractivity contribution >= 4 is 39.1 Å². The fourth-order valence-electron chi connectivity index (χ4n) is 3.99. The van der Waals surface area contributed by atoms with Gasteiger partial charge in [-0.1, -0.05) is 36.9 Å². The maximum atomic E-state index is 13.6. The monoisotopic (exact) mass is 382 g/mol. The highest BCUT2D eigenvalue weighted by Crippen LogP contribution is 2.41. The van der Waals surface area contributed by atoms with Crippen molar-refractivity contribution in [1.82, 2.24) is 19.2 Å². The molecule has 4 aromatic rings. The van der Waals surface area contributed by atoms with E-state index >= 15 is 0 Å². The second-order valence-electron chi connectivity index (χ2n) is 6.71. The van der Waals surface area contributed by atoms with Crippen molar-refractivity contribution in [2.45, 2.75) is 37.3 Å². The fraction of sp³-hybridized carbons (Fsp3) is 0.316. The molecule has 5 rings (SSSR count). The second kappa shape index (κ2) is 5.96. The van der Waals surface area contributed by atoms with Crippen molar-refractivity contribution in [2.75, 3.05) is 6.26 Å². The fourth-order valence-corrected chi connectivity index (χ4v) is 5.98. The molecule has 0 N–H and O–H groups in total. The van der Waals surface area contributed by atoms with E-state index in [0.717, 1.165) is 33.9 Å². The van der Waals surface area contributed by atoms with Gasteiger partial charge in [0.1, 0.15) is 4.83 Å². The summed E-state index contributed by atoms with van der Waals surface area (Å²) in [6, 6.07) is 9.74. The molecule has 0 spiro atoms. The Morgan fingerprint density at radius 1 is 1.23 bits per heavy atom. The summed E-state index contributed by atoms with van der Waals surface area (Å²) in [5.41, 5.74) is 2.09. The topological polar surface area (TPSA) is 52.2 Å². The summed E-state index contributed by atoms with van der Waals surface area (Å²) in [5.74, 6) is 1.00. The Balaban J connectivity index is 2.02. The second-order valence-corrected chi connectivity index (χ2v) is 8.57. The Hall–Kier alpha value is -2.12. The van der Waals surface area contributed by atoms with Crippen molar-refractivity contribution in [2.24, 2.45) is 0 Å². The molecule has 132 valence electrons. The van der Waals surface area contributed by atoms with E-state index in [1.165, 1.54) is 16.9 Å². The molecule has 3 aromatic heterocycles. The Labute approximate surface area is 158 Å². The van der Waals surface area contributed by atoms with Crippen molar-refractivity contribution in [3.63, 3.8) is 0 Å². The molecule has 26 heavy (non-hydrogen) atoms. The molecule has 1 aliphatic carbocycles. The van der Waals surface area contributed by atoms with Crippen LogP contribution in [0.4, 0.5) is 0 Å². The van der Waals surface area contributed by atoms with Crippen LogP contribution in [0.15, 0.2) is 40.3 Å². The zero-order valence-electron chi connectivity index (χ0n) is 14.6. The van der Waals surface area contributed by atoms with E-state index in [1.807, 2.05) is 36.6 Å². The van der Waals surface area contributed by atoms with E-state index in [4.69, 9.17) is 0 Å². The Kier molecular flexibility index (Phi) is 3.68. The molecule has 1 atom stereocenters. The van der Waals surface area contributed by atoms with Gasteiger partial charge in [-0.25, -0.2) is 8.97 Å².